The van der Waals surface area contributed by atoms with Crippen molar-refractivity contribution in [2.45, 2.75) is 31.9 Å². The van der Waals surface area contributed by atoms with Crippen molar-refractivity contribution in [3.63, 3.8) is 0 Å². The number of benzene rings is 2. The number of aryl methyl sites for hydroxylation is 1. The number of ether oxygens (including phenoxy) is 3. The van der Waals surface area contributed by atoms with Gasteiger partial charge in [0.15, 0.2) is 0 Å². The molecule has 6 heteroatoms. The van der Waals surface area contributed by atoms with Crippen LogP contribution in [0, 0.1) is 6.92 Å². The quantitative estimate of drug-likeness (QED) is 0.647. The third-order valence-electron chi connectivity index (χ3n) is 6.17. The normalized spacial score (nSPS) is 22.6. The molecule has 0 aromatic heterocycles. The zero-order chi connectivity index (χ0) is 22.2. The van der Waals surface area contributed by atoms with Crippen molar-refractivity contribution in [2.75, 3.05) is 59.2 Å². The summed E-state index contributed by atoms with van der Waals surface area (Å²) in [6.07, 6.45) is 2.62. The van der Waals surface area contributed by atoms with Gasteiger partial charge < -0.3 is 19.3 Å². The van der Waals surface area contributed by atoms with E-state index in [1.54, 1.807) is 0 Å². The van der Waals surface area contributed by atoms with E-state index in [1.165, 1.54) is 37.1 Å². The molecule has 0 bridgehead atoms. The minimum Gasteiger partial charge on any atom is -0.492 e. The van der Waals surface area contributed by atoms with Gasteiger partial charge in [-0.05, 0) is 62.7 Å². The summed E-state index contributed by atoms with van der Waals surface area (Å²) < 4.78 is 17.5. The molecule has 0 aliphatic carbocycles. The van der Waals surface area contributed by atoms with Crippen LogP contribution in [0.2, 0.25) is 0 Å². The van der Waals surface area contributed by atoms with Gasteiger partial charge in [0.05, 0.1) is 13.2 Å². The van der Waals surface area contributed by atoms with Crippen LogP contribution >= 0.6 is 0 Å². The number of aliphatic hydroxyl groups is 1. The molecule has 6 nitrogen and oxygen atoms in total. The van der Waals surface area contributed by atoms with Crippen LogP contribution in [0.3, 0.4) is 0 Å². The molecule has 0 spiro atoms. The van der Waals surface area contributed by atoms with Crippen LogP contribution in [-0.2, 0) is 11.3 Å². The second kappa shape index (κ2) is 11.1. The standard InChI is InChI=1S/C26H36N2O4/c1-22-4-8-25(9-5-22)32-21-26(29)19-28(14-16-30-20-26)18-23-6-10-24(11-7-23)31-17-15-27-12-2-3-13-27/h4-11,29H,2-3,12-21H2,1H3/t26-/m1/s1. The van der Waals surface area contributed by atoms with Gasteiger partial charge in [-0.3, -0.25) is 9.80 Å². The number of nitrogens with zero attached hydrogens (tertiary/aromatic N) is 2. The number of rotatable bonds is 9. The average molecular weight is 441 g/mol. The third kappa shape index (κ3) is 6.94. The van der Waals surface area contributed by atoms with Gasteiger partial charge in [-0.15, -0.1) is 0 Å². The zero-order valence-electron chi connectivity index (χ0n) is 19.2. The van der Waals surface area contributed by atoms with E-state index in [0.717, 1.165) is 37.7 Å². The largest absolute Gasteiger partial charge is 0.492 e. The smallest absolute Gasteiger partial charge is 0.134 e. The summed E-state index contributed by atoms with van der Waals surface area (Å²) in [6, 6.07) is 16.2. The van der Waals surface area contributed by atoms with Gasteiger partial charge >= 0.3 is 0 Å². The van der Waals surface area contributed by atoms with Crippen molar-refractivity contribution in [1.82, 2.24) is 9.80 Å². The maximum absolute atomic E-state index is 11.1. The van der Waals surface area contributed by atoms with E-state index < -0.39 is 5.60 Å². The van der Waals surface area contributed by atoms with Gasteiger partial charge in [0.25, 0.3) is 0 Å². The van der Waals surface area contributed by atoms with Gasteiger partial charge in [0.2, 0.25) is 0 Å². The molecule has 2 heterocycles. The lowest BCUT2D eigenvalue weighted by Crippen LogP contribution is -2.48. The Morgan fingerprint density at radius 2 is 1.59 bits per heavy atom. The highest BCUT2D eigenvalue weighted by Crippen LogP contribution is 2.20. The lowest BCUT2D eigenvalue weighted by molar-refractivity contribution is -0.0646. The Balaban J connectivity index is 1.26. The maximum Gasteiger partial charge on any atom is 0.134 e. The van der Waals surface area contributed by atoms with Crippen LogP contribution < -0.4 is 9.47 Å². The van der Waals surface area contributed by atoms with E-state index in [1.807, 2.05) is 43.3 Å². The molecular weight excluding hydrogens is 404 g/mol. The molecule has 32 heavy (non-hydrogen) atoms. The van der Waals surface area contributed by atoms with Gasteiger partial charge in [-0.2, -0.15) is 0 Å². The first-order valence-electron chi connectivity index (χ1n) is 11.7. The van der Waals surface area contributed by atoms with Gasteiger partial charge in [0, 0.05) is 26.2 Å². The van der Waals surface area contributed by atoms with Crippen molar-refractivity contribution in [3.8, 4) is 11.5 Å². The fourth-order valence-electron chi connectivity index (χ4n) is 4.32. The van der Waals surface area contributed by atoms with E-state index in [4.69, 9.17) is 14.2 Å². The van der Waals surface area contributed by atoms with E-state index in [9.17, 15) is 5.11 Å². The first-order valence-corrected chi connectivity index (χ1v) is 11.7. The molecule has 2 aromatic carbocycles. The van der Waals surface area contributed by atoms with Crippen molar-refractivity contribution >= 4 is 0 Å². The molecule has 0 amide bonds. The van der Waals surface area contributed by atoms with Gasteiger partial charge in [-0.25, -0.2) is 0 Å². The summed E-state index contributed by atoms with van der Waals surface area (Å²) in [5, 5.41) is 11.1. The van der Waals surface area contributed by atoms with Crippen molar-refractivity contribution in [1.29, 1.82) is 0 Å². The Labute approximate surface area is 191 Å². The fraction of sp³-hybridized carbons (Fsp3) is 0.538. The van der Waals surface area contributed by atoms with E-state index >= 15 is 0 Å². The number of β-amino-alcohol motifs (C(OH)–C–C–N with tert-alkyl or cyclic N) is 1. The number of hydrogen-bond donors (Lipinski definition) is 1. The SMILES string of the molecule is Cc1ccc(OC[C@]2(O)COCCN(Cc3ccc(OCCN4CCCC4)cc3)C2)cc1. The summed E-state index contributed by atoms with van der Waals surface area (Å²) in [5.41, 5.74) is 1.34. The van der Waals surface area contributed by atoms with E-state index in [2.05, 4.69) is 21.9 Å². The first kappa shape index (κ1) is 23.1. The molecule has 2 aliphatic rings. The molecule has 2 aromatic rings. The van der Waals surface area contributed by atoms with Crippen LogP contribution in [0.5, 0.6) is 11.5 Å². The topological polar surface area (TPSA) is 54.4 Å². The highest BCUT2D eigenvalue weighted by Gasteiger charge is 2.33. The summed E-state index contributed by atoms with van der Waals surface area (Å²) in [5.74, 6) is 1.68. The molecule has 2 aliphatic heterocycles. The first-order chi connectivity index (χ1) is 15.6. The molecule has 0 saturated carbocycles. The summed E-state index contributed by atoms with van der Waals surface area (Å²) in [6.45, 7) is 9.30. The minimum atomic E-state index is -1.04. The minimum absolute atomic E-state index is 0.205. The summed E-state index contributed by atoms with van der Waals surface area (Å²) in [7, 11) is 0. The molecular formula is C26H36N2O4. The van der Waals surface area contributed by atoms with Crippen molar-refractivity contribution < 1.29 is 19.3 Å². The van der Waals surface area contributed by atoms with Crippen molar-refractivity contribution in [2.24, 2.45) is 0 Å². The Bertz CT molecular complexity index is 821. The Hall–Kier alpha value is -2.12. The predicted octanol–water partition coefficient (Wildman–Crippen LogP) is 3.11. The average Bonchev–Trinajstić information content (AvgIpc) is 3.24. The van der Waals surface area contributed by atoms with Crippen LogP contribution in [0.25, 0.3) is 0 Å². The maximum atomic E-state index is 11.1. The Morgan fingerprint density at radius 3 is 2.34 bits per heavy atom. The number of hydrogen-bond acceptors (Lipinski definition) is 6. The number of likely N-dealkylation sites (tertiary alicyclic amines) is 1. The molecule has 0 radical (unpaired) electrons. The van der Waals surface area contributed by atoms with E-state index in [-0.39, 0.29) is 13.2 Å². The zero-order valence-corrected chi connectivity index (χ0v) is 19.2. The molecule has 1 N–H and O–H groups in total. The highest BCUT2D eigenvalue weighted by molar-refractivity contribution is 5.28. The predicted molar refractivity (Wildman–Crippen MR) is 125 cm³/mol. The lowest BCUT2D eigenvalue weighted by Gasteiger charge is -2.30. The van der Waals surface area contributed by atoms with Gasteiger partial charge in [0.1, 0.15) is 30.3 Å². The second-order valence-corrected chi connectivity index (χ2v) is 9.13. The highest BCUT2D eigenvalue weighted by atomic mass is 16.5. The van der Waals surface area contributed by atoms with Gasteiger partial charge in [-0.1, -0.05) is 29.8 Å². The van der Waals surface area contributed by atoms with Crippen LogP contribution in [-0.4, -0.2) is 79.7 Å². The lowest BCUT2D eigenvalue weighted by atomic mass is 10.1. The van der Waals surface area contributed by atoms with Crippen LogP contribution in [0.1, 0.15) is 24.0 Å². The van der Waals surface area contributed by atoms with Crippen LogP contribution in [0.15, 0.2) is 48.5 Å². The summed E-state index contributed by atoms with van der Waals surface area (Å²) >= 11 is 0. The van der Waals surface area contributed by atoms with Crippen molar-refractivity contribution in [3.05, 3.63) is 59.7 Å². The third-order valence-corrected chi connectivity index (χ3v) is 6.17. The molecule has 0 unspecified atom stereocenters. The van der Waals surface area contributed by atoms with E-state index in [0.29, 0.717) is 13.2 Å². The molecule has 2 fully saturated rings. The summed E-state index contributed by atoms with van der Waals surface area (Å²) in [4.78, 5) is 4.69. The Morgan fingerprint density at radius 1 is 0.906 bits per heavy atom. The molecule has 174 valence electrons. The molecule has 1 atom stereocenters. The molecule has 4 rings (SSSR count). The van der Waals surface area contributed by atoms with Crippen LogP contribution in [0.4, 0.5) is 0 Å². The molecule has 2 saturated heterocycles. The Kier molecular flexibility index (Phi) is 8.03. The fourth-order valence-corrected chi connectivity index (χ4v) is 4.32. The monoisotopic (exact) mass is 440 g/mol. The second-order valence-electron chi connectivity index (χ2n) is 9.13.